The van der Waals surface area contributed by atoms with Gasteiger partial charge in [0.1, 0.15) is 0 Å². The van der Waals surface area contributed by atoms with E-state index in [2.05, 4.69) is 10.6 Å². The summed E-state index contributed by atoms with van der Waals surface area (Å²) in [6, 6.07) is -0.0640. The van der Waals surface area contributed by atoms with Gasteiger partial charge in [-0.1, -0.05) is 12.8 Å². The number of rotatable bonds is 8. The van der Waals surface area contributed by atoms with Crippen molar-refractivity contribution in [3.8, 4) is 0 Å². The van der Waals surface area contributed by atoms with Gasteiger partial charge in [-0.2, -0.15) is 0 Å². The van der Waals surface area contributed by atoms with Gasteiger partial charge in [0.15, 0.2) is 0 Å². The van der Waals surface area contributed by atoms with Gasteiger partial charge in [-0.05, 0) is 38.5 Å². The van der Waals surface area contributed by atoms with E-state index in [4.69, 9.17) is 10.2 Å². The Morgan fingerprint density at radius 1 is 1.00 bits per heavy atom. The molecule has 0 aliphatic heterocycles. The molecule has 0 atom stereocenters. The molecule has 0 radical (unpaired) electrons. The van der Waals surface area contributed by atoms with Crippen molar-refractivity contribution in [3.63, 3.8) is 0 Å². The summed E-state index contributed by atoms with van der Waals surface area (Å²) in [7, 11) is 0. The fourth-order valence-electron chi connectivity index (χ4n) is 2.51. The van der Waals surface area contributed by atoms with Crippen molar-refractivity contribution in [2.24, 2.45) is 5.92 Å². The smallest absolute Gasteiger partial charge is 0.315 e. The molecule has 4 N–H and O–H groups in total. The van der Waals surface area contributed by atoms with Gasteiger partial charge in [0.2, 0.25) is 0 Å². The highest BCUT2D eigenvalue weighted by Crippen LogP contribution is 2.24. The molecule has 1 rings (SSSR count). The molecule has 0 heterocycles. The van der Waals surface area contributed by atoms with Crippen LogP contribution < -0.4 is 10.6 Å². The molecule has 20 heavy (non-hydrogen) atoms. The monoisotopic (exact) mass is 286 g/mol. The lowest BCUT2D eigenvalue weighted by Crippen LogP contribution is -2.44. The number of carboxylic acids is 1. The second-order valence-corrected chi connectivity index (χ2v) is 5.42. The molecule has 0 aromatic rings. The summed E-state index contributed by atoms with van der Waals surface area (Å²) in [5.41, 5.74) is 0. The lowest BCUT2D eigenvalue weighted by atomic mass is 9.86. The van der Waals surface area contributed by atoms with E-state index in [1.165, 1.54) is 0 Å². The highest BCUT2D eigenvalue weighted by Gasteiger charge is 2.26. The topological polar surface area (TPSA) is 98.7 Å². The fourth-order valence-corrected chi connectivity index (χ4v) is 2.51. The molecule has 1 saturated carbocycles. The first-order chi connectivity index (χ1) is 9.63. The molecule has 116 valence electrons. The molecule has 0 spiro atoms. The van der Waals surface area contributed by atoms with Crippen LogP contribution in [0.5, 0.6) is 0 Å². The average Bonchev–Trinajstić information content (AvgIpc) is 2.43. The van der Waals surface area contributed by atoms with Crippen LogP contribution in [-0.2, 0) is 4.79 Å². The van der Waals surface area contributed by atoms with Crippen LogP contribution in [0.4, 0.5) is 4.79 Å². The highest BCUT2D eigenvalue weighted by atomic mass is 16.4. The number of aliphatic hydroxyl groups excluding tert-OH is 1. The molecule has 0 bridgehead atoms. The molecular formula is C14H26N2O4. The quantitative estimate of drug-likeness (QED) is 0.508. The van der Waals surface area contributed by atoms with E-state index >= 15 is 0 Å². The van der Waals surface area contributed by atoms with E-state index in [0.717, 1.165) is 38.5 Å². The van der Waals surface area contributed by atoms with Gasteiger partial charge in [-0.15, -0.1) is 0 Å². The Bertz CT molecular complexity index is 302. The lowest BCUT2D eigenvalue weighted by Gasteiger charge is -2.26. The van der Waals surface area contributed by atoms with Crippen molar-refractivity contribution in [2.75, 3.05) is 13.2 Å². The molecule has 0 aromatic heterocycles. The predicted molar refractivity (Wildman–Crippen MR) is 75.5 cm³/mol. The largest absolute Gasteiger partial charge is 0.481 e. The van der Waals surface area contributed by atoms with Crippen molar-refractivity contribution in [3.05, 3.63) is 0 Å². The van der Waals surface area contributed by atoms with Crippen molar-refractivity contribution in [1.29, 1.82) is 0 Å². The number of carbonyl (C=O) groups excluding carboxylic acids is 1. The zero-order chi connectivity index (χ0) is 14.8. The minimum atomic E-state index is -0.726. The first-order valence-electron chi connectivity index (χ1n) is 7.51. The van der Waals surface area contributed by atoms with Gasteiger partial charge in [0.05, 0.1) is 5.92 Å². The second-order valence-electron chi connectivity index (χ2n) is 5.42. The molecule has 2 amide bonds. The van der Waals surface area contributed by atoms with Crippen molar-refractivity contribution in [1.82, 2.24) is 10.6 Å². The molecule has 6 heteroatoms. The summed E-state index contributed by atoms with van der Waals surface area (Å²) >= 11 is 0. The number of aliphatic carboxylic acids is 1. The highest BCUT2D eigenvalue weighted by molar-refractivity contribution is 5.74. The summed E-state index contributed by atoms with van der Waals surface area (Å²) in [6.45, 7) is 0.870. The minimum absolute atomic E-state index is 0.0972. The van der Waals surface area contributed by atoms with Gasteiger partial charge in [0.25, 0.3) is 0 Å². The average molecular weight is 286 g/mol. The molecule has 0 unspecified atom stereocenters. The van der Waals surface area contributed by atoms with Crippen LogP contribution in [0, 0.1) is 5.92 Å². The van der Waals surface area contributed by atoms with Crippen molar-refractivity contribution < 1.29 is 19.8 Å². The van der Waals surface area contributed by atoms with Gasteiger partial charge in [-0.25, -0.2) is 4.79 Å². The molecule has 0 saturated heterocycles. The summed E-state index contributed by atoms with van der Waals surface area (Å²) in [5.74, 6) is -0.974. The molecule has 1 fully saturated rings. The molecule has 1 aliphatic carbocycles. The van der Waals surface area contributed by atoms with Crippen LogP contribution in [0.2, 0.25) is 0 Å². The Labute approximate surface area is 119 Å². The van der Waals surface area contributed by atoms with Gasteiger partial charge in [-0.3, -0.25) is 4.79 Å². The normalized spacial score (nSPS) is 22.2. The zero-order valence-corrected chi connectivity index (χ0v) is 11.9. The Morgan fingerprint density at radius 2 is 1.65 bits per heavy atom. The predicted octanol–water partition coefficient (Wildman–Crippen LogP) is 1.48. The Kier molecular flexibility index (Phi) is 8.02. The fraction of sp³-hybridized carbons (Fsp3) is 0.857. The summed E-state index contributed by atoms with van der Waals surface area (Å²) in [5, 5.41) is 23.2. The van der Waals surface area contributed by atoms with Crippen LogP contribution in [0.3, 0.4) is 0 Å². The third kappa shape index (κ3) is 6.75. The molecular weight excluding hydrogens is 260 g/mol. The standard InChI is InChI=1S/C14H26N2O4/c17-10-4-2-1-3-9-15-14(20)16-12-7-5-11(6-8-12)13(18)19/h11-12,17H,1-10H2,(H,18,19)(H2,15,16,20). The molecule has 0 aromatic carbocycles. The van der Waals surface area contributed by atoms with Crippen LogP contribution in [0.25, 0.3) is 0 Å². The van der Waals surface area contributed by atoms with E-state index in [1.807, 2.05) is 0 Å². The number of aliphatic hydroxyl groups is 1. The van der Waals surface area contributed by atoms with Crippen LogP contribution in [0.1, 0.15) is 51.4 Å². The number of hydrogen-bond donors (Lipinski definition) is 4. The van der Waals surface area contributed by atoms with E-state index in [1.54, 1.807) is 0 Å². The van der Waals surface area contributed by atoms with Crippen LogP contribution in [0.15, 0.2) is 0 Å². The van der Waals surface area contributed by atoms with Gasteiger partial charge < -0.3 is 20.8 Å². The SMILES string of the molecule is O=C(NCCCCCCO)NC1CCC(C(=O)O)CC1. The number of urea groups is 1. The van der Waals surface area contributed by atoms with E-state index in [0.29, 0.717) is 19.4 Å². The Morgan fingerprint density at radius 3 is 2.25 bits per heavy atom. The lowest BCUT2D eigenvalue weighted by molar-refractivity contribution is -0.142. The van der Waals surface area contributed by atoms with Crippen LogP contribution in [-0.4, -0.2) is 41.4 Å². The first kappa shape index (κ1) is 16.8. The minimum Gasteiger partial charge on any atom is -0.481 e. The van der Waals surface area contributed by atoms with Crippen molar-refractivity contribution in [2.45, 2.75) is 57.4 Å². The van der Waals surface area contributed by atoms with Crippen molar-refractivity contribution >= 4 is 12.0 Å². The number of nitrogens with one attached hydrogen (secondary N) is 2. The third-order valence-electron chi connectivity index (χ3n) is 3.78. The maximum absolute atomic E-state index is 11.6. The molecule has 6 nitrogen and oxygen atoms in total. The number of unbranched alkanes of at least 4 members (excludes halogenated alkanes) is 3. The summed E-state index contributed by atoms with van der Waals surface area (Å²) < 4.78 is 0. The first-order valence-corrected chi connectivity index (χ1v) is 7.51. The van der Waals surface area contributed by atoms with E-state index in [-0.39, 0.29) is 24.6 Å². The third-order valence-corrected chi connectivity index (χ3v) is 3.78. The van der Waals surface area contributed by atoms with E-state index in [9.17, 15) is 9.59 Å². The second kappa shape index (κ2) is 9.58. The van der Waals surface area contributed by atoms with Gasteiger partial charge >= 0.3 is 12.0 Å². The summed E-state index contributed by atoms with van der Waals surface area (Å²) in [6.07, 6.45) is 6.48. The number of carboxylic acid groups (broad SMARTS) is 1. The number of hydrogen-bond acceptors (Lipinski definition) is 3. The number of amides is 2. The summed E-state index contributed by atoms with van der Waals surface area (Å²) in [4.78, 5) is 22.5. The van der Waals surface area contributed by atoms with E-state index < -0.39 is 5.97 Å². The van der Waals surface area contributed by atoms with Crippen LogP contribution >= 0.6 is 0 Å². The Hall–Kier alpha value is -1.30. The maximum Gasteiger partial charge on any atom is 0.315 e. The molecule has 1 aliphatic rings. The zero-order valence-electron chi connectivity index (χ0n) is 11.9. The maximum atomic E-state index is 11.6. The Balaban J connectivity index is 2.04. The number of carbonyl (C=O) groups is 2. The van der Waals surface area contributed by atoms with Gasteiger partial charge in [0, 0.05) is 19.2 Å².